The molecule has 1 fully saturated rings. The van der Waals surface area contributed by atoms with Crippen molar-refractivity contribution in [1.82, 2.24) is 0 Å². The van der Waals surface area contributed by atoms with Crippen LogP contribution in [0.3, 0.4) is 0 Å². The monoisotopic (exact) mass is 276 g/mol. The van der Waals surface area contributed by atoms with Crippen LogP contribution in [0.25, 0.3) is 0 Å². The molecule has 108 valence electrons. The fourth-order valence-electron chi connectivity index (χ4n) is 2.81. The van der Waals surface area contributed by atoms with Crippen LogP contribution in [0.15, 0.2) is 18.2 Å². The van der Waals surface area contributed by atoms with E-state index in [1.807, 2.05) is 19.2 Å². The quantitative estimate of drug-likeness (QED) is 0.875. The molecular weight excluding hydrogens is 256 g/mol. The Morgan fingerprint density at radius 1 is 1.35 bits per heavy atom. The Labute approximate surface area is 118 Å². The minimum atomic E-state index is -0.191. The van der Waals surface area contributed by atoms with Gasteiger partial charge in [-0.25, -0.2) is 0 Å². The van der Waals surface area contributed by atoms with E-state index in [1.54, 1.807) is 4.90 Å². The number of amides is 1. The lowest BCUT2D eigenvalue weighted by atomic mass is 9.94. The van der Waals surface area contributed by atoms with Gasteiger partial charge in [-0.3, -0.25) is 4.79 Å². The van der Waals surface area contributed by atoms with E-state index in [9.17, 15) is 4.79 Å². The Morgan fingerprint density at radius 2 is 2.20 bits per heavy atom. The van der Waals surface area contributed by atoms with Crippen molar-refractivity contribution in [2.24, 2.45) is 5.73 Å². The van der Waals surface area contributed by atoms with Gasteiger partial charge in [0.05, 0.1) is 25.9 Å². The number of carbonyl (C=O) groups is 1. The Hall–Kier alpha value is -1.43. The van der Waals surface area contributed by atoms with Gasteiger partial charge in [0, 0.05) is 19.2 Å². The van der Waals surface area contributed by atoms with Crippen LogP contribution in [0, 0.1) is 0 Å². The summed E-state index contributed by atoms with van der Waals surface area (Å²) < 4.78 is 11.1. The van der Waals surface area contributed by atoms with Gasteiger partial charge >= 0.3 is 0 Å². The summed E-state index contributed by atoms with van der Waals surface area (Å²) in [6.45, 7) is 1.78. The van der Waals surface area contributed by atoms with Crippen LogP contribution in [-0.4, -0.2) is 38.9 Å². The van der Waals surface area contributed by atoms with Crippen LogP contribution in [0.2, 0.25) is 0 Å². The van der Waals surface area contributed by atoms with E-state index >= 15 is 0 Å². The Bertz CT molecular complexity index is 512. The minimum Gasteiger partial charge on any atom is -0.376 e. The van der Waals surface area contributed by atoms with E-state index in [0.717, 1.165) is 17.7 Å². The van der Waals surface area contributed by atoms with Gasteiger partial charge in [-0.2, -0.15) is 0 Å². The molecule has 1 saturated heterocycles. The molecule has 3 rings (SSSR count). The van der Waals surface area contributed by atoms with Crippen molar-refractivity contribution in [3.63, 3.8) is 0 Å². The number of rotatable bonds is 2. The van der Waals surface area contributed by atoms with E-state index in [2.05, 4.69) is 6.07 Å². The summed E-state index contributed by atoms with van der Waals surface area (Å²) in [6.07, 6.45) is 1.25. The Balaban J connectivity index is 1.83. The topological polar surface area (TPSA) is 64.8 Å². The average Bonchev–Trinajstić information content (AvgIpc) is 2.51. The lowest BCUT2D eigenvalue weighted by Gasteiger charge is -2.30. The third-order valence-electron chi connectivity index (χ3n) is 4.07. The predicted molar refractivity (Wildman–Crippen MR) is 75.7 cm³/mol. The summed E-state index contributed by atoms with van der Waals surface area (Å²) >= 11 is 0. The predicted octanol–water partition coefficient (Wildman–Crippen LogP) is 1.01. The second-order valence-electron chi connectivity index (χ2n) is 5.35. The lowest BCUT2D eigenvalue weighted by molar-refractivity contribution is -0.118. The van der Waals surface area contributed by atoms with Gasteiger partial charge in [0.2, 0.25) is 5.91 Å². The zero-order chi connectivity index (χ0) is 14.1. The van der Waals surface area contributed by atoms with Crippen molar-refractivity contribution in [1.29, 1.82) is 0 Å². The van der Waals surface area contributed by atoms with Crippen LogP contribution in [0.5, 0.6) is 0 Å². The summed E-state index contributed by atoms with van der Waals surface area (Å²) in [4.78, 5) is 13.4. The van der Waals surface area contributed by atoms with Gasteiger partial charge in [-0.05, 0) is 23.6 Å². The first-order chi connectivity index (χ1) is 9.66. The van der Waals surface area contributed by atoms with E-state index < -0.39 is 0 Å². The number of fused-ring (bicyclic) bond motifs is 1. The van der Waals surface area contributed by atoms with Crippen LogP contribution >= 0.6 is 0 Å². The molecule has 0 bridgehead atoms. The highest BCUT2D eigenvalue weighted by Crippen LogP contribution is 2.30. The molecule has 2 aliphatic rings. The van der Waals surface area contributed by atoms with Gasteiger partial charge in [-0.15, -0.1) is 0 Å². The average molecular weight is 276 g/mol. The number of nitrogens with two attached hydrogens (primary N) is 1. The summed E-state index contributed by atoms with van der Waals surface area (Å²) in [5, 5.41) is 0. The number of ether oxygens (including phenoxy) is 2. The minimum absolute atomic E-state index is 0.0928. The maximum Gasteiger partial charge on any atom is 0.227 e. The summed E-state index contributed by atoms with van der Waals surface area (Å²) in [5.41, 5.74) is 9.48. The first-order valence-corrected chi connectivity index (χ1v) is 7.01. The van der Waals surface area contributed by atoms with Crippen molar-refractivity contribution >= 4 is 11.6 Å². The van der Waals surface area contributed by atoms with E-state index in [1.165, 1.54) is 5.56 Å². The molecule has 2 heterocycles. The van der Waals surface area contributed by atoms with Gasteiger partial charge in [0.1, 0.15) is 6.10 Å². The normalized spacial score (nSPS) is 24.4. The standard InChI is InChI=1S/C15H20N2O3/c1-17-12-4-2-11(8-10(12)3-5-14(17)18)15(16)13-9-19-6-7-20-13/h2,4,8,13,15H,3,5-7,9,16H2,1H3. The summed E-state index contributed by atoms with van der Waals surface area (Å²) in [5.74, 6) is 0.165. The number of aryl methyl sites for hydroxylation is 1. The van der Waals surface area contributed by atoms with Crippen LogP contribution in [-0.2, 0) is 20.7 Å². The molecule has 2 atom stereocenters. The molecule has 2 aliphatic heterocycles. The van der Waals surface area contributed by atoms with Crippen LogP contribution < -0.4 is 10.6 Å². The highest BCUT2D eigenvalue weighted by atomic mass is 16.6. The second kappa shape index (κ2) is 5.52. The summed E-state index contributed by atoms with van der Waals surface area (Å²) in [7, 11) is 1.82. The van der Waals surface area contributed by atoms with Crippen molar-refractivity contribution in [2.75, 3.05) is 31.8 Å². The molecule has 0 spiro atoms. The van der Waals surface area contributed by atoms with Crippen LogP contribution in [0.4, 0.5) is 5.69 Å². The third-order valence-corrected chi connectivity index (χ3v) is 4.07. The molecule has 1 amide bonds. The molecule has 0 aromatic heterocycles. The molecule has 1 aromatic carbocycles. The number of anilines is 1. The molecule has 0 radical (unpaired) electrons. The van der Waals surface area contributed by atoms with Gasteiger partial charge in [0.25, 0.3) is 0 Å². The van der Waals surface area contributed by atoms with Crippen molar-refractivity contribution in [2.45, 2.75) is 25.0 Å². The maximum absolute atomic E-state index is 11.7. The van der Waals surface area contributed by atoms with Crippen molar-refractivity contribution < 1.29 is 14.3 Å². The van der Waals surface area contributed by atoms with E-state index in [4.69, 9.17) is 15.2 Å². The first-order valence-electron chi connectivity index (χ1n) is 7.01. The van der Waals surface area contributed by atoms with Crippen molar-refractivity contribution in [3.8, 4) is 0 Å². The van der Waals surface area contributed by atoms with Gasteiger partial charge in [-0.1, -0.05) is 12.1 Å². The van der Waals surface area contributed by atoms with Gasteiger partial charge < -0.3 is 20.1 Å². The number of hydrogen-bond acceptors (Lipinski definition) is 4. The molecule has 0 aliphatic carbocycles. The van der Waals surface area contributed by atoms with Crippen LogP contribution in [0.1, 0.15) is 23.6 Å². The molecule has 5 nitrogen and oxygen atoms in total. The highest BCUT2D eigenvalue weighted by Gasteiger charge is 2.26. The highest BCUT2D eigenvalue weighted by molar-refractivity contribution is 5.95. The summed E-state index contributed by atoms with van der Waals surface area (Å²) in [6, 6.07) is 5.87. The zero-order valence-corrected chi connectivity index (χ0v) is 11.7. The second-order valence-corrected chi connectivity index (χ2v) is 5.35. The molecule has 2 unspecified atom stereocenters. The molecule has 2 N–H and O–H groups in total. The SMILES string of the molecule is CN1C(=O)CCc2cc(C(N)C3COCCO3)ccc21. The molecule has 1 aromatic rings. The van der Waals surface area contributed by atoms with Crippen molar-refractivity contribution in [3.05, 3.63) is 29.3 Å². The first kappa shape index (κ1) is 13.5. The molecular formula is C15H20N2O3. The largest absolute Gasteiger partial charge is 0.376 e. The zero-order valence-electron chi connectivity index (χ0n) is 11.7. The van der Waals surface area contributed by atoms with Gasteiger partial charge in [0.15, 0.2) is 0 Å². The maximum atomic E-state index is 11.7. The molecule has 20 heavy (non-hydrogen) atoms. The molecule has 0 saturated carbocycles. The Kier molecular flexibility index (Phi) is 3.74. The lowest BCUT2D eigenvalue weighted by Crippen LogP contribution is -2.38. The van der Waals surface area contributed by atoms with E-state index in [0.29, 0.717) is 26.2 Å². The fraction of sp³-hybridized carbons (Fsp3) is 0.533. The molecule has 5 heteroatoms. The number of hydrogen-bond donors (Lipinski definition) is 1. The Morgan fingerprint density at radius 3 is 2.95 bits per heavy atom. The third kappa shape index (κ3) is 2.44. The fourth-order valence-corrected chi connectivity index (χ4v) is 2.81. The van der Waals surface area contributed by atoms with E-state index in [-0.39, 0.29) is 18.1 Å². The number of nitrogens with zero attached hydrogens (tertiary/aromatic N) is 1. The number of benzene rings is 1. The smallest absolute Gasteiger partial charge is 0.227 e. The number of carbonyl (C=O) groups excluding carboxylic acids is 1.